The average Bonchev–Trinajstić information content (AvgIpc) is 4.11. The summed E-state index contributed by atoms with van der Waals surface area (Å²) in [6.45, 7) is 22.2. The van der Waals surface area contributed by atoms with Crippen LogP contribution in [0.4, 0.5) is 17.6 Å². The molecule has 0 N–H and O–H groups in total. The van der Waals surface area contributed by atoms with Gasteiger partial charge in [0.1, 0.15) is 0 Å². The molecule has 2 amide bonds. The van der Waals surface area contributed by atoms with Gasteiger partial charge in [0.25, 0.3) is 0 Å². The smallest absolute Gasteiger partial charge is 0.379 e. The molecule has 0 heterocycles. The quantitative estimate of drug-likeness (QED) is 0.0314. The molecule has 0 bridgehead atoms. The van der Waals surface area contributed by atoms with Gasteiger partial charge in [-0.1, -0.05) is 93.2 Å². The van der Waals surface area contributed by atoms with Gasteiger partial charge in [-0.3, -0.25) is 18.4 Å². The fraction of sp³-hybridized carbons (Fsp3) is 0.621. The number of carbonyl (C=O) groups is 2. The molecule has 2 aliphatic rings. The molecule has 0 aliphatic heterocycles. The van der Waals surface area contributed by atoms with E-state index >= 15 is 0 Å². The molecule has 400 valence electrons. The largest absolute Gasteiger partial charge is 4.00 e. The molecule has 0 fully saturated rings. The van der Waals surface area contributed by atoms with Crippen LogP contribution in [-0.4, -0.2) is 112 Å². The molecule has 0 spiro atoms. The summed E-state index contributed by atoms with van der Waals surface area (Å²) in [6, 6.07) is 20.0. The first kappa shape index (κ1) is 67.6. The second-order valence-electron chi connectivity index (χ2n) is 19.1. The molecule has 2 aliphatic carbocycles. The zero-order valence-electron chi connectivity index (χ0n) is 44.7. The van der Waals surface area contributed by atoms with Crippen molar-refractivity contribution in [3.05, 3.63) is 122 Å². The van der Waals surface area contributed by atoms with E-state index in [1.54, 1.807) is 9.80 Å². The van der Waals surface area contributed by atoms with Crippen molar-refractivity contribution in [3.63, 3.8) is 0 Å². The molecule has 2 aromatic rings. The number of alkyl halides is 2. The summed E-state index contributed by atoms with van der Waals surface area (Å²) in [6.07, 6.45) is 18.8. The van der Waals surface area contributed by atoms with Crippen LogP contribution in [0.3, 0.4) is 0 Å². The Kier molecular flexibility index (Phi) is 38.1. The summed E-state index contributed by atoms with van der Waals surface area (Å²) in [4.78, 5) is 29.7. The van der Waals surface area contributed by atoms with Crippen LogP contribution in [-0.2, 0) is 50.3 Å². The van der Waals surface area contributed by atoms with Gasteiger partial charge in [-0.2, -0.15) is 61.4 Å². The van der Waals surface area contributed by atoms with E-state index in [1.165, 1.54) is 36.5 Å². The fourth-order valence-corrected chi connectivity index (χ4v) is 7.72. The number of carbonyl (C=O) groups excluding carboxylic acids is 2. The summed E-state index contributed by atoms with van der Waals surface area (Å²) in [7, 11) is 0. The number of hydrogen-bond acceptors (Lipinski definition) is 6. The van der Waals surface area contributed by atoms with Crippen molar-refractivity contribution in [1.82, 2.24) is 9.80 Å². The molecular weight excluding hydrogens is 945 g/mol. The molecule has 2 atom stereocenters. The summed E-state index contributed by atoms with van der Waals surface area (Å²) in [5.74, 6) is -1.03. The van der Waals surface area contributed by atoms with Gasteiger partial charge in [0.15, 0.2) is 0 Å². The van der Waals surface area contributed by atoms with Crippen LogP contribution < -0.4 is 0 Å². The number of ether oxygens (including phenoxy) is 4. The third-order valence-corrected chi connectivity index (χ3v) is 11.6. The zero-order chi connectivity index (χ0) is 52.0. The van der Waals surface area contributed by atoms with Gasteiger partial charge in [0.2, 0.25) is 11.8 Å². The van der Waals surface area contributed by atoms with Crippen LogP contribution in [0.1, 0.15) is 132 Å². The van der Waals surface area contributed by atoms with Gasteiger partial charge >= 0.3 is 21.7 Å². The summed E-state index contributed by atoms with van der Waals surface area (Å²) >= 11 is 0. The van der Waals surface area contributed by atoms with Crippen LogP contribution in [0.25, 0.3) is 0 Å². The summed E-state index contributed by atoms with van der Waals surface area (Å²) in [5.41, 5.74) is -4.54. The van der Waals surface area contributed by atoms with Crippen LogP contribution in [0, 0.1) is 23.7 Å². The number of halogens is 4. The van der Waals surface area contributed by atoms with Gasteiger partial charge in [0.05, 0.1) is 51.0 Å². The Bertz CT molecular complexity index is 1560. The first-order valence-corrected chi connectivity index (χ1v) is 25.9. The van der Waals surface area contributed by atoms with Gasteiger partial charge in [-0.15, -0.1) is 12.2 Å². The summed E-state index contributed by atoms with van der Waals surface area (Å²) in [5, 5.41) is 0. The van der Waals surface area contributed by atoms with Crippen molar-refractivity contribution in [2.45, 2.75) is 144 Å². The first-order valence-electron chi connectivity index (χ1n) is 25.9. The Morgan fingerprint density at radius 2 is 0.859 bits per heavy atom. The molecular formula is C58H90F4N2O6Ti. The second-order valence-corrected chi connectivity index (χ2v) is 19.1. The number of unbranched alkanes of at least 4 members (excludes halogenated alkanes) is 2. The maximum atomic E-state index is 14.7. The molecule has 4 rings (SSSR count). The maximum absolute atomic E-state index is 14.7. The van der Waals surface area contributed by atoms with Crippen LogP contribution >= 0.6 is 0 Å². The molecule has 8 nitrogen and oxygen atoms in total. The van der Waals surface area contributed by atoms with Gasteiger partial charge < -0.3 is 28.7 Å². The first-order chi connectivity index (χ1) is 33.5. The minimum absolute atomic E-state index is 0. The molecule has 0 aromatic heterocycles. The molecule has 0 saturated carbocycles. The Morgan fingerprint density at radius 3 is 1.14 bits per heavy atom. The summed E-state index contributed by atoms with van der Waals surface area (Å²) < 4.78 is 78.5. The van der Waals surface area contributed by atoms with Crippen LogP contribution in [0.15, 0.2) is 109 Å². The number of amides is 2. The molecule has 0 radical (unpaired) electrons. The monoisotopic (exact) mass is 1030 g/mol. The number of allylic oxidation sites excluding steroid dienone is 8. The van der Waals surface area contributed by atoms with Crippen molar-refractivity contribution in [2.75, 3.05) is 79.0 Å². The van der Waals surface area contributed by atoms with Crippen molar-refractivity contribution in [2.24, 2.45) is 10.8 Å². The van der Waals surface area contributed by atoms with Gasteiger partial charge in [-0.25, -0.2) is 33.0 Å². The van der Waals surface area contributed by atoms with E-state index in [-0.39, 0.29) is 46.4 Å². The predicted molar refractivity (Wildman–Crippen MR) is 279 cm³/mol. The van der Waals surface area contributed by atoms with Crippen LogP contribution in [0.5, 0.6) is 0 Å². The Hall–Kier alpha value is -3.39. The number of hydrogen-bond donors (Lipinski definition) is 0. The molecule has 71 heavy (non-hydrogen) atoms. The van der Waals surface area contributed by atoms with E-state index in [9.17, 15) is 27.2 Å². The molecule has 13 heteroatoms. The minimum atomic E-state index is -1.79. The minimum Gasteiger partial charge on any atom is -0.379 e. The van der Waals surface area contributed by atoms with Gasteiger partial charge in [-0.05, 0) is 63.0 Å². The Balaban J connectivity index is 0.00000113. The predicted octanol–water partition coefficient (Wildman–Crippen LogP) is 14.0. The van der Waals surface area contributed by atoms with Gasteiger partial charge in [0, 0.05) is 50.2 Å². The standard InChI is InChI=1S/2C24H40F2NO3.2C5H5.Ti/c2*1-5-7-16-29-18-19-30-17-15-27(22(28)23(3,4)11-6-2)14-9-13-24(26)12-8-10-21(25)20-24;2*1-2-4-5-3-1;/h2*8,10,12,20H,5-7,9,11,13-19H2,1-4H3;2*1-5H;/q4*-1;+4. The van der Waals surface area contributed by atoms with Crippen molar-refractivity contribution >= 4 is 11.8 Å². The third-order valence-electron chi connectivity index (χ3n) is 11.6. The SMILES string of the molecule is CCCCOCCOCCN(CCCC1(F)C=CC=C(F)[CH-]1)C(=O)C(C)(C)CCC.CCCCOCCOCCN(CCCC1(F)C=CC=C(F)[CH-]1)C(=O)C(C)(C)CCC.[Ti+4].c1cc[cH-]c1.c1cc[cH-]c1. The molecule has 2 unspecified atom stereocenters. The Labute approximate surface area is 442 Å². The van der Waals surface area contributed by atoms with E-state index in [4.69, 9.17) is 18.9 Å². The van der Waals surface area contributed by atoms with Crippen molar-refractivity contribution < 1.29 is 67.8 Å². The van der Waals surface area contributed by atoms with Crippen molar-refractivity contribution in [1.29, 1.82) is 0 Å². The molecule has 2 aromatic carbocycles. The third kappa shape index (κ3) is 32.4. The van der Waals surface area contributed by atoms with E-state index in [1.807, 2.05) is 88.4 Å². The Morgan fingerprint density at radius 1 is 0.521 bits per heavy atom. The van der Waals surface area contributed by atoms with Crippen molar-refractivity contribution in [3.8, 4) is 0 Å². The topological polar surface area (TPSA) is 77.5 Å². The van der Waals surface area contributed by atoms with E-state index in [0.717, 1.165) is 77.4 Å². The number of nitrogens with zero attached hydrogens (tertiary/aromatic N) is 2. The van der Waals surface area contributed by atoms with E-state index < -0.39 is 33.8 Å². The maximum Gasteiger partial charge on any atom is 4.00 e. The fourth-order valence-electron chi connectivity index (χ4n) is 7.72. The second kappa shape index (κ2) is 40.1. The average molecular weight is 1040 g/mol. The number of rotatable bonds is 32. The van der Waals surface area contributed by atoms with Crippen LogP contribution in [0.2, 0.25) is 0 Å². The zero-order valence-corrected chi connectivity index (χ0v) is 46.3. The van der Waals surface area contributed by atoms with E-state index in [2.05, 4.69) is 27.7 Å². The van der Waals surface area contributed by atoms with E-state index in [0.29, 0.717) is 78.7 Å². The molecule has 0 saturated heterocycles. The normalized spacial score (nSPS) is 17.0.